The van der Waals surface area contributed by atoms with Crippen LogP contribution >= 0.6 is 0 Å². The maximum absolute atomic E-state index is 7.50. The van der Waals surface area contributed by atoms with Crippen molar-refractivity contribution in [2.45, 2.75) is 26.6 Å². The van der Waals surface area contributed by atoms with Crippen LogP contribution in [0.2, 0.25) is 0 Å². The minimum absolute atomic E-state index is 0.191. The van der Waals surface area contributed by atoms with E-state index in [0.29, 0.717) is 0 Å². The lowest BCUT2D eigenvalue weighted by Gasteiger charge is -1.98. The summed E-state index contributed by atoms with van der Waals surface area (Å²) in [5.41, 5.74) is 1.98. The number of benzene rings is 1. The Kier molecular flexibility index (Phi) is 1.68. The van der Waals surface area contributed by atoms with Crippen molar-refractivity contribution in [1.29, 1.82) is 0 Å². The van der Waals surface area contributed by atoms with Gasteiger partial charge in [-0.15, -0.1) is 0 Å². The maximum Gasteiger partial charge on any atom is 0.0313 e. The van der Waals surface area contributed by atoms with Gasteiger partial charge in [0.05, 0.1) is 0 Å². The third-order valence-electron chi connectivity index (χ3n) is 1.58. The Hall–Kier alpha value is -0.780. The van der Waals surface area contributed by atoms with E-state index in [9.17, 15) is 0 Å². The van der Waals surface area contributed by atoms with Gasteiger partial charge in [0.1, 0.15) is 0 Å². The van der Waals surface area contributed by atoms with Gasteiger partial charge in [0.25, 0.3) is 0 Å². The third kappa shape index (κ3) is 1.60. The summed E-state index contributed by atoms with van der Waals surface area (Å²) >= 11 is 0. The first kappa shape index (κ1) is 4.95. The van der Waals surface area contributed by atoms with Gasteiger partial charge in [-0.05, 0) is 23.9 Å². The molecule has 0 nitrogen and oxygen atoms in total. The second kappa shape index (κ2) is 3.40. The zero-order valence-electron chi connectivity index (χ0n) is 8.46. The Morgan fingerprint density at radius 3 is 2.10 bits per heavy atom. The normalized spacial score (nSPS) is 19.0. The van der Waals surface area contributed by atoms with Gasteiger partial charge in [0.2, 0.25) is 0 Å². The highest BCUT2D eigenvalue weighted by molar-refractivity contribution is 5.23. The Labute approximate surface area is 65.7 Å². The molecule has 0 heteroatoms. The summed E-state index contributed by atoms with van der Waals surface area (Å²) in [6.45, 7) is 3.68. The standard InChI is InChI=1S/C10H14/c1-3-9-6-5-7-10(4-2)8-9/h5-8H,3-4H2,1-2H3/i3D,4D. The van der Waals surface area contributed by atoms with E-state index in [2.05, 4.69) is 0 Å². The fourth-order valence-corrected chi connectivity index (χ4v) is 0.918. The van der Waals surface area contributed by atoms with Crippen LogP contribution in [0.5, 0.6) is 0 Å². The first-order valence-corrected chi connectivity index (χ1v) is 3.55. The fourth-order valence-electron chi connectivity index (χ4n) is 0.918. The molecule has 0 fully saturated rings. The summed E-state index contributed by atoms with van der Waals surface area (Å²) < 4.78 is 15.0. The predicted octanol–water partition coefficient (Wildman–Crippen LogP) is 2.81. The van der Waals surface area contributed by atoms with Crippen LogP contribution in [0.4, 0.5) is 0 Å². The zero-order valence-corrected chi connectivity index (χ0v) is 6.46. The van der Waals surface area contributed by atoms with E-state index in [-0.39, 0.29) is 12.8 Å². The minimum atomic E-state index is -0.191. The quantitative estimate of drug-likeness (QED) is 0.586. The van der Waals surface area contributed by atoms with Gasteiger partial charge in [-0.3, -0.25) is 0 Å². The van der Waals surface area contributed by atoms with Crippen LogP contribution < -0.4 is 0 Å². The van der Waals surface area contributed by atoms with Crippen molar-refractivity contribution < 1.29 is 2.74 Å². The van der Waals surface area contributed by atoms with Crippen LogP contribution in [0, 0.1) is 0 Å². The van der Waals surface area contributed by atoms with E-state index >= 15 is 0 Å². The van der Waals surface area contributed by atoms with Gasteiger partial charge < -0.3 is 0 Å². The van der Waals surface area contributed by atoms with Crippen LogP contribution in [0.15, 0.2) is 24.3 Å². The molecular formula is C10H14. The van der Waals surface area contributed by atoms with E-state index in [4.69, 9.17) is 2.74 Å². The van der Waals surface area contributed by atoms with Crippen molar-refractivity contribution in [1.82, 2.24) is 0 Å². The molecule has 1 aromatic rings. The molecule has 0 aliphatic heterocycles. The monoisotopic (exact) mass is 136 g/mol. The molecule has 10 heavy (non-hydrogen) atoms. The summed E-state index contributed by atoms with van der Waals surface area (Å²) in [7, 11) is 0. The van der Waals surface area contributed by atoms with Gasteiger partial charge in [-0.1, -0.05) is 38.1 Å². The van der Waals surface area contributed by atoms with Crippen molar-refractivity contribution in [3.63, 3.8) is 0 Å². The van der Waals surface area contributed by atoms with E-state index in [1.54, 1.807) is 0 Å². The lowest BCUT2D eigenvalue weighted by Crippen LogP contribution is -1.83. The zero-order chi connectivity index (χ0) is 9.14. The van der Waals surface area contributed by atoms with E-state index in [0.717, 1.165) is 11.1 Å². The van der Waals surface area contributed by atoms with Crippen molar-refractivity contribution in [2.24, 2.45) is 0 Å². The first-order valence-electron chi connectivity index (χ1n) is 4.71. The second-order valence-electron chi connectivity index (χ2n) is 2.25. The lowest BCUT2D eigenvalue weighted by atomic mass is 10.1. The molecule has 0 amide bonds. The molecule has 54 valence electrons. The van der Waals surface area contributed by atoms with E-state index in [1.165, 1.54) is 0 Å². The molecule has 0 saturated carbocycles. The SMILES string of the molecule is [2H]C(C)c1cccc(C([2H])C)c1. The fraction of sp³-hybridized carbons (Fsp3) is 0.400. The molecule has 0 aliphatic carbocycles. The van der Waals surface area contributed by atoms with Crippen LogP contribution in [0.1, 0.15) is 27.7 Å². The molecule has 0 spiro atoms. The smallest absolute Gasteiger partial charge is 0.0313 e. The van der Waals surface area contributed by atoms with Gasteiger partial charge in [-0.25, -0.2) is 0 Å². The molecule has 0 N–H and O–H groups in total. The summed E-state index contributed by atoms with van der Waals surface area (Å²) in [5, 5.41) is 0. The highest BCUT2D eigenvalue weighted by Crippen LogP contribution is 2.05. The average molecular weight is 136 g/mol. The molecule has 1 aromatic carbocycles. The Balaban J connectivity index is 2.96. The number of rotatable bonds is 2. The van der Waals surface area contributed by atoms with Gasteiger partial charge in [0, 0.05) is 2.74 Å². The minimum Gasteiger partial charge on any atom is -0.0617 e. The van der Waals surface area contributed by atoms with Crippen LogP contribution in [0.25, 0.3) is 0 Å². The number of aryl methyl sites for hydroxylation is 2. The Morgan fingerprint density at radius 1 is 1.20 bits per heavy atom. The lowest BCUT2D eigenvalue weighted by molar-refractivity contribution is 1.09. The summed E-state index contributed by atoms with van der Waals surface area (Å²) in [4.78, 5) is 0. The van der Waals surface area contributed by atoms with Crippen molar-refractivity contribution in [2.75, 3.05) is 0 Å². The highest BCUT2D eigenvalue weighted by atomic mass is 13.9. The van der Waals surface area contributed by atoms with Gasteiger partial charge in [-0.2, -0.15) is 0 Å². The van der Waals surface area contributed by atoms with Crippen molar-refractivity contribution in [3.05, 3.63) is 35.4 Å². The maximum atomic E-state index is 7.50. The predicted molar refractivity (Wildman–Crippen MR) is 45.2 cm³/mol. The van der Waals surface area contributed by atoms with Crippen LogP contribution in [-0.2, 0) is 12.8 Å². The van der Waals surface area contributed by atoms with E-state index < -0.39 is 0 Å². The summed E-state index contributed by atoms with van der Waals surface area (Å²) in [5.74, 6) is 0. The summed E-state index contributed by atoms with van der Waals surface area (Å²) in [6, 6.07) is 7.73. The van der Waals surface area contributed by atoms with E-state index in [1.807, 2.05) is 38.1 Å². The second-order valence-corrected chi connectivity index (χ2v) is 2.25. The molecule has 0 aliphatic rings. The topological polar surface area (TPSA) is 0 Å². The molecule has 2 unspecified atom stereocenters. The van der Waals surface area contributed by atoms with Crippen molar-refractivity contribution in [3.8, 4) is 0 Å². The first-order chi connectivity index (χ1) is 5.61. The Bertz CT molecular complexity index is 231. The molecule has 0 radical (unpaired) electrons. The molecule has 0 heterocycles. The summed E-state index contributed by atoms with van der Waals surface area (Å²) in [6.07, 6.45) is -0.382. The Morgan fingerprint density at radius 2 is 1.70 bits per heavy atom. The van der Waals surface area contributed by atoms with Crippen LogP contribution in [0.3, 0.4) is 0 Å². The van der Waals surface area contributed by atoms with Crippen LogP contribution in [-0.4, -0.2) is 0 Å². The number of hydrogen-bond acceptors (Lipinski definition) is 0. The molecule has 2 atom stereocenters. The average Bonchev–Trinajstić information content (AvgIpc) is 2.04. The highest BCUT2D eigenvalue weighted by Gasteiger charge is 1.89. The van der Waals surface area contributed by atoms with Gasteiger partial charge in [0.15, 0.2) is 0 Å². The number of hydrogen-bond donors (Lipinski definition) is 0. The third-order valence-corrected chi connectivity index (χ3v) is 1.58. The molecule has 0 bridgehead atoms. The van der Waals surface area contributed by atoms with Crippen molar-refractivity contribution >= 4 is 0 Å². The molecular weight excluding hydrogens is 120 g/mol. The molecule has 0 aromatic heterocycles. The molecule has 1 rings (SSSR count). The van der Waals surface area contributed by atoms with Gasteiger partial charge >= 0.3 is 0 Å². The largest absolute Gasteiger partial charge is 0.0617 e. The molecule has 0 saturated heterocycles.